The number of hydrogen-bond acceptors (Lipinski definition) is 1. The van der Waals surface area contributed by atoms with Crippen molar-refractivity contribution in [3.63, 3.8) is 0 Å². The van der Waals surface area contributed by atoms with Gasteiger partial charge in [0.25, 0.3) is 0 Å². The summed E-state index contributed by atoms with van der Waals surface area (Å²) < 4.78 is 6.56. The lowest BCUT2D eigenvalue weighted by Crippen LogP contribution is -2.64. The maximum Gasteiger partial charge on any atom is 0.190 e. The van der Waals surface area contributed by atoms with Crippen molar-refractivity contribution in [3.8, 4) is 0 Å². The van der Waals surface area contributed by atoms with E-state index in [0.29, 0.717) is 0 Å². The van der Waals surface area contributed by atoms with E-state index < -0.39 is 8.07 Å². The van der Waals surface area contributed by atoms with Gasteiger partial charge in [-0.15, -0.1) is 0 Å². The highest BCUT2D eigenvalue weighted by molar-refractivity contribution is 7.10. The Morgan fingerprint density at radius 2 is 1.37 bits per heavy atom. The smallest absolute Gasteiger partial charge is 0.190 e. The van der Waals surface area contributed by atoms with E-state index in [1.165, 1.54) is 52.8 Å². The highest BCUT2D eigenvalue weighted by Gasteiger charge is 2.38. The first-order valence-corrected chi connectivity index (χ1v) is 12.9. The summed E-state index contributed by atoms with van der Waals surface area (Å²) in [6.45, 7) is 6.91. The maximum absolute atomic E-state index is 6.56. The van der Waals surface area contributed by atoms with Gasteiger partial charge in [0.05, 0.1) is 5.38 Å². The first-order chi connectivity index (χ1) is 13.2. The fraction of sp³-hybridized carbons (Fsp3) is 0.360. The summed E-state index contributed by atoms with van der Waals surface area (Å²) in [5.41, 5.74) is 1.43. The summed E-state index contributed by atoms with van der Waals surface area (Å²) in [6, 6.07) is 24.3. The Hall–Kier alpha value is -2.06. The van der Waals surface area contributed by atoms with E-state index in [1.54, 1.807) is 0 Å². The lowest BCUT2D eigenvalue weighted by Gasteiger charge is -2.26. The lowest BCUT2D eigenvalue weighted by molar-refractivity contribution is 0.534. The Kier molecular flexibility index (Phi) is 6.73. The third kappa shape index (κ3) is 4.27. The second-order valence-corrected chi connectivity index (χ2v) is 11.5. The van der Waals surface area contributed by atoms with E-state index in [2.05, 4.69) is 87.1 Å². The zero-order valence-corrected chi connectivity index (χ0v) is 18.0. The molecule has 2 heteroatoms. The fourth-order valence-electron chi connectivity index (χ4n) is 3.96. The van der Waals surface area contributed by atoms with Crippen molar-refractivity contribution in [3.05, 3.63) is 78.1 Å². The van der Waals surface area contributed by atoms with Crippen LogP contribution in [-0.2, 0) is 12.8 Å². The molecule has 0 radical (unpaired) electrons. The molecular formula is C25H32OSi. The molecule has 0 saturated carbocycles. The molecular weight excluding hydrogens is 344 g/mol. The number of rotatable bonds is 9. The standard InChI is InChI=1S/C25H32OSi/c1-4-6-7-10-15-21-20-25(26-24(21)5-2)27(3,22-16-11-8-12-17-22)23-18-13-9-14-19-23/h8-9,11-14,16-20H,4-7,10,15H2,1-3H3. The first-order valence-electron chi connectivity index (χ1n) is 10.4. The largest absolute Gasteiger partial charge is 0.470 e. The van der Waals surface area contributed by atoms with E-state index >= 15 is 0 Å². The maximum atomic E-state index is 6.56. The number of unbranched alkanes of at least 4 members (excludes halogenated alkanes) is 3. The molecule has 0 bridgehead atoms. The molecule has 0 aliphatic heterocycles. The van der Waals surface area contributed by atoms with Crippen LogP contribution in [0.15, 0.2) is 71.1 Å². The van der Waals surface area contributed by atoms with Crippen molar-refractivity contribution in [2.24, 2.45) is 0 Å². The third-order valence-corrected chi connectivity index (χ3v) is 9.92. The van der Waals surface area contributed by atoms with Crippen LogP contribution < -0.4 is 15.8 Å². The molecule has 0 aliphatic carbocycles. The van der Waals surface area contributed by atoms with Gasteiger partial charge in [-0.2, -0.15) is 0 Å². The van der Waals surface area contributed by atoms with Crippen molar-refractivity contribution in [2.45, 2.75) is 58.9 Å². The van der Waals surface area contributed by atoms with Gasteiger partial charge in [-0.05, 0) is 34.8 Å². The molecule has 0 unspecified atom stereocenters. The summed E-state index contributed by atoms with van der Waals surface area (Å²) >= 11 is 0. The van der Waals surface area contributed by atoms with Gasteiger partial charge < -0.3 is 4.42 Å². The number of aryl methyl sites for hydroxylation is 2. The van der Waals surface area contributed by atoms with Gasteiger partial charge in [0.15, 0.2) is 8.07 Å². The van der Waals surface area contributed by atoms with E-state index in [9.17, 15) is 0 Å². The molecule has 1 heterocycles. The molecule has 0 atom stereocenters. The Balaban J connectivity index is 2.02. The monoisotopic (exact) mass is 376 g/mol. The summed E-state index contributed by atoms with van der Waals surface area (Å²) in [5, 5.41) is 4.01. The molecule has 0 aliphatic rings. The van der Waals surface area contributed by atoms with Crippen molar-refractivity contribution < 1.29 is 4.42 Å². The average molecular weight is 377 g/mol. The second kappa shape index (κ2) is 9.23. The van der Waals surface area contributed by atoms with Gasteiger partial charge in [0.1, 0.15) is 5.76 Å². The highest BCUT2D eigenvalue weighted by Crippen LogP contribution is 2.18. The van der Waals surface area contributed by atoms with Gasteiger partial charge in [0, 0.05) is 6.42 Å². The molecule has 142 valence electrons. The molecule has 0 saturated heterocycles. The van der Waals surface area contributed by atoms with Gasteiger partial charge >= 0.3 is 0 Å². The van der Waals surface area contributed by atoms with Crippen molar-refractivity contribution in [1.82, 2.24) is 0 Å². The lowest BCUT2D eigenvalue weighted by atomic mass is 10.1. The van der Waals surface area contributed by atoms with Gasteiger partial charge in [-0.25, -0.2) is 0 Å². The van der Waals surface area contributed by atoms with E-state index in [4.69, 9.17) is 4.42 Å². The SMILES string of the molecule is CCCCCCc1cc([Si](C)(c2ccccc2)c2ccccc2)oc1CC. The van der Waals surface area contributed by atoms with Gasteiger partial charge in [-0.3, -0.25) is 0 Å². The number of furan rings is 1. The zero-order valence-electron chi connectivity index (χ0n) is 17.0. The zero-order chi connectivity index (χ0) is 19.1. The van der Waals surface area contributed by atoms with Crippen LogP contribution >= 0.6 is 0 Å². The Morgan fingerprint density at radius 1 is 0.778 bits per heavy atom. The minimum Gasteiger partial charge on any atom is -0.470 e. The van der Waals surface area contributed by atoms with Crippen molar-refractivity contribution >= 4 is 23.8 Å². The normalized spacial score (nSPS) is 11.7. The molecule has 27 heavy (non-hydrogen) atoms. The topological polar surface area (TPSA) is 13.1 Å². The Labute approximate surface area is 165 Å². The van der Waals surface area contributed by atoms with Crippen LogP contribution in [0.5, 0.6) is 0 Å². The van der Waals surface area contributed by atoms with Crippen LogP contribution in [0.25, 0.3) is 0 Å². The minimum atomic E-state index is -2.13. The van der Waals surface area contributed by atoms with Crippen LogP contribution in [0.4, 0.5) is 0 Å². The van der Waals surface area contributed by atoms with Crippen molar-refractivity contribution in [2.75, 3.05) is 0 Å². The summed E-state index contributed by atoms with van der Waals surface area (Å²) in [7, 11) is -2.13. The van der Waals surface area contributed by atoms with Crippen LogP contribution in [0.1, 0.15) is 50.9 Å². The summed E-state index contributed by atoms with van der Waals surface area (Å²) in [4.78, 5) is 0. The second-order valence-electron chi connectivity index (χ2n) is 7.58. The van der Waals surface area contributed by atoms with E-state index in [1.807, 2.05) is 0 Å². The van der Waals surface area contributed by atoms with E-state index in [-0.39, 0.29) is 0 Å². The average Bonchev–Trinajstić information content (AvgIpc) is 3.15. The van der Waals surface area contributed by atoms with E-state index in [0.717, 1.165) is 12.8 Å². The van der Waals surface area contributed by atoms with Gasteiger partial charge in [0.2, 0.25) is 0 Å². The Bertz CT molecular complexity index is 781. The first kappa shape index (κ1) is 19.7. The highest BCUT2D eigenvalue weighted by atomic mass is 28.3. The fourth-order valence-corrected chi connectivity index (χ4v) is 7.37. The molecule has 0 spiro atoms. The molecule has 1 aromatic heterocycles. The molecule has 1 nitrogen and oxygen atoms in total. The molecule has 0 amide bonds. The molecule has 0 fully saturated rings. The molecule has 0 N–H and O–H groups in total. The summed E-state index contributed by atoms with van der Waals surface area (Å²) in [6.07, 6.45) is 7.29. The van der Waals surface area contributed by atoms with Crippen molar-refractivity contribution in [1.29, 1.82) is 0 Å². The van der Waals surface area contributed by atoms with Crippen LogP contribution in [0.2, 0.25) is 6.55 Å². The molecule has 3 rings (SSSR count). The van der Waals surface area contributed by atoms with Gasteiger partial charge in [-0.1, -0.05) is 100 Å². The third-order valence-electron chi connectivity index (χ3n) is 5.71. The Morgan fingerprint density at radius 3 is 1.89 bits per heavy atom. The minimum absolute atomic E-state index is 0.969. The number of benzene rings is 2. The number of hydrogen-bond donors (Lipinski definition) is 0. The molecule has 2 aromatic carbocycles. The van der Waals surface area contributed by atoms with Crippen LogP contribution in [0.3, 0.4) is 0 Å². The van der Waals surface area contributed by atoms with Crippen LogP contribution in [-0.4, -0.2) is 8.07 Å². The quantitative estimate of drug-likeness (QED) is 0.375. The molecule has 3 aromatic rings. The van der Waals surface area contributed by atoms with Crippen LogP contribution in [0, 0.1) is 0 Å². The predicted molar refractivity (Wildman–Crippen MR) is 119 cm³/mol. The summed E-state index contributed by atoms with van der Waals surface area (Å²) in [5.74, 6) is 1.19. The predicted octanol–water partition coefficient (Wildman–Crippen LogP) is 5.06.